The summed E-state index contributed by atoms with van der Waals surface area (Å²) in [5, 5.41) is 9.98. The van der Waals surface area contributed by atoms with Crippen molar-refractivity contribution >= 4 is 9.84 Å². The van der Waals surface area contributed by atoms with Crippen LogP contribution < -0.4 is 0 Å². The van der Waals surface area contributed by atoms with Gasteiger partial charge in [-0.2, -0.15) is 0 Å². The van der Waals surface area contributed by atoms with Gasteiger partial charge in [-0.3, -0.25) is 0 Å². The van der Waals surface area contributed by atoms with Gasteiger partial charge < -0.3 is 5.11 Å². The van der Waals surface area contributed by atoms with Crippen LogP contribution in [0.15, 0.2) is 30.3 Å². The number of aliphatic hydroxyl groups is 1. The Labute approximate surface area is 121 Å². The molecule has 0 radical (unpaired) electrons. The van der Waals surface area contributed by atoms with Crippen molar-refractivity contribution in [1.29, 1.82) is 0 Å². The first-order valence-corrected chi connectivity index (χ1v) is 9.03. The van der Waals surface area contributed by atoms with Crippen LogP contribution in [-0.2, 0) is 9.84 Å². The van der Waals surface area contributed by atoms with Crippen LogP contribution >= 0.6 is 0 Å². The maximum Gasteiger partial charge on any atom is 0.159 e. The van der Waals surface area contributed by atoms with Gasteiger partial charge in [0.25, 0.3) is 0 Å². The molecule has 0 aliphatic heterocycles. The van der Waals surface area contributed by atoms with E-state index in [0.717, 1.165) is 18.4 Å². The van der Waals surface area contributed by atoms with E-state index in [0.29, 0.717) is 18.8 Å². The zero-order chi connectivity index (χ0) is 14.8. The van der Waals surface area contributed by atoms with E-state index in [-0.39, 0.29) is 5.75 Å². The average Bonchev–Trinajstić information content (AvgIpc) is 2.42. The molecule has 3 nitrogen and oxygen atoms in total. The fourth-order valence-corrected chi connectivity index (χ4v) is 4.73. The van der Waals surface area contributed by atoms with Crippen LogP contribution in [0.4, 0.5) is 0 Å². The lowest BCUT2D eigenvalue weighted by atomic mass is 9.81. The zero-order valence-corrected chi connectivity index (χ0v) is 13.1. The van der Waals surface area contributed by atoms with Crippen molar-refractivity contribution in [3.05, 3.63) is 35.9 Å². The van der Waals surface area contributed by atoms with Crippen LogP contribution in [0.5, 0.6) is 0 Å². The van der Waals surface area contributed by atoms with Gasteiger partial charge in [-0.05, 0) is 44.1 Å². The molecule has 1 unspecified atom stereocenters. The second-order valence-corrected chi connectivity index (χ2v) is 8.59. The summed E-state index contributed by atoms with van der Waals surface area (Å²) in [5.41, 5.74) is -0.241. The summed E-state index contributed by atoms with van der Waals surface area (Å²) >= 11 is 0. The highest BCUT2D eigenvalue weighted by Gasteiger charge is 2.38. The molecule has 20 heavy (non-hydrogen) atoms. The lowest BCUT2D eigenvalue weighted by Gasteiger charge is -2.35. The molecule has 0 heterocycles. The van der Waals surface area contributed by atoms with Crippen molar-refractivity contribution in [3.8, 4) is 0 Å². The average molecular weight is 296 g/mol. The minimum Gasteiger partial charge on any atom is -0.389 e. The van der Waals surface area contributed by atoms with Gasteiger partial charge in [0, 0.05) is 0 Å². The van der Waals surface area contributed by atoms with E-state index in [1.54, 1.807) is 6.92 Å². The Bertz CT molecular complexity index is 528. The normalized spacial score (nSPS) is 29.1. The molecule has 1 aliphatic carbocycles. The van der Waals surface area contributed by atoms with Gasteiger partial charge in [0.2, 0.25) is 0 Å². The molecule has 0 spiro atoms. The largest absolute Gasteiger partial charge is 0.389 e. The van der Waals surface area contributed by atoms with E-state index in [2.05, 4.69) is 6.92 Å². The fourth-order valence-electron chi connectivity index (χ4n) is 2.87. The predicted molar refractivity (Wildman–Crippen MR) is 81.2 cm³/mol. The van der Waals surface area contributed by atoms with Crippen molar-refractivity contribution in [3.63, 3.8) is 0 Å². The van der Waals surface area contributed by atoms with Crippen LogP contribution in [0, 0.1) is 5.92 Å². The smallest absolute Gasteiger partial charge is 0.159 e. The van der Waals surface area contributed by atoms with Gasteiger partial charge >= 0.3 is 0 Å². The minimum absolute atomic E-state index is 0.122. The van der Waals surface area contributed by atoms with Crippen LogP contribution in [0.25, 0.3) is 0 Å². The highest BCUT2D eigenvalue weighted by molar-refractivity contribution is 7.91. The number of sulfone groups is 1. The van der Waals surface area contributed by atoms with Gasteiger partial charge in [0.1, 0.15) is 0 Å². The first-order valence-electron chi connectivity index (χ1n) is 7.31. The third-order valence-electron chi connectivity index (χ3n) is 4.48. The Hall–Kier alpha value is -0.870. The first kappa shape index (κ1) is 15.5. The molecule has 1 atom stereocenters. The standard InChI is InChI=1S/C16H24O3S/c1-13-8-10-16(17,11-9-13)12-20(18,19)14(2)15-6-4-3-5-7-15/h3-7,13-14,17H,8-12H2,1-2H3. The minimum atomic E-state index is -3.34. The second-order valence-electron chi connectivity index (χ2n) is 6.27. The summed E-state index contributed by atoms with van der Waals surface area (Å²) in [6.45, 7) is 3.86. The number of benzene rings is 1. The molecular formula is C16H24O3S. The van der Waals surface area contributed by atoms with Gasteiger partial charge in [0.05, 0.1) is 16.6 Å². The Morgan fingerprint density at radius 1 is 1.25 bits per heavy atom. The van der Waals surface area contributed by atoms with Gasteiger partial charge in [-0.1, -0.05) is 37.3 Å². The van der Waals surface area contributed by atoms with Crippen molar-refractivity contribution in [1.82, 2.24) is 0 Å². The van der Waals surface area contributed by atoms with Gasteiger partial charge in [-0.25, -0.2) is 8.42 Å². The summed E-state index contributed by atoms with van der Waals surface area (Å²) in [5.74, 6) is 0.465. The molecule has 2 rings (SSSR count). The molecule has 1 saturated carbocycles. The Kier molecular flexibility index (Phi) is 4.55. The summed E-state index contributed by atoms with van der Waals surface area (Å²) < 4.78 is 25.1. The Balaban J connectivity index is 2.11. The molecule has 4 heteroatoms. The molecule has 1 aliphatic rings. The SMILES string of the molecule is CC1CCC(O)(CS(=O)(=O)C(C)c2ccccc2)CC1. The third kappa shape index (κ3) is 3.61. The van der Waals surface area contributed by atoms with Gasteiger partial charge in [0.15, 0.2) is 9.84 Å². The number of hydrogen-bond donors (Lipinski definition) is 1. The maximum atomic E-state index is 12.5. The predicted octanol–water partition coefficient (Wildman–Crippen LogP) is 3.10. The lowest BCUT2D eigenvalue weighted by molar-refractivity contribution is 0.0134. The van der Waals surface area contributed by atoms with Crippen LogP contribution in [-0.4, -0.2) is 24.9 Å². The third-order valence-corrected chi connectivity index (χ3v) is 6.77. The fraction of sp³-hybridized carbons (Fsp3) is 0.625. The van der Waals surface area contributed by atoms with Crippen molar-refractivity contribution < 1.29 is 13.5 Å². The highest BCUT2D eigenvalue weighted by Crippen LogP contribution is 2.35. The zero-order valence-electron chi connectivity index (χ0n) is 12.2. The van der Waals surface area contributed by atoms with Crippen molar-refractivity contribution in [2.45, 2.75) is 50.4 Å². The summed E-state index contributed by atoms with van der Waals surface area (Å²) in [6, 6.07) is 9.22. The number of rotatable bonds is 4. The molecule has 1 aromatic carbocycles. The maximum absolute atomic E-state index is 12.5. The second kappa shape index (κ2) is 5.86. The van der Waals surface area contributed by atoms with Crippen LogP contribution in [0.2, 0.25) is 0 Å². The molecular weight excluding hydrogens is 272 g/mol. The first-order chi connectivity index (χ1) is 9.32. The van der Waals surface area contributed by atoms with Crippen LogP contribution in [0.1, 0.15) is 50.3 Å². The van der Waals surface area contributed by atoms with E-state index in [1.165, 1.54) is 0 Å². The molecule has 0 aromatic heterocycles. The monoisotopic (exact) mass is 296 g/mol. The number of hydrogen-bond acceptors (Lipinski definition) is 3. The topological polar surface area (TPSA) is 54.4 Å². The van der Waals surface area contributed by atoms with Crippen molar-refractivity contribution in [2.75, 3.05) is 5.75 Å². The molecule has 0 bridgehead atoms. The molecule has 1 aromatic rings. The van der Waals surface area contributed by atoms with Crippen molar-refractivity contribution in [2.24, 2.45) is 5.92 Å². The van der Waals surface area contributed by atoms with Gasteiger partial charge in [-0.15, -0.1) is 0 Å². The highest BCUT2D eigenvalue weighted by atomic mass is 32.2. The molecule has 1 N–H and O–H groups in total. The van der Waals surface area contributed by atoms with E-state index >= 15 is 0 Å². The Morgan fingerprint density at radius 3 is 2.35 bits per heavy atom. The quantitative estimate of drug-likeness (QED) is 0.929. The van der Waals surface area contributed by atoms with E-state index in [9.17, 15) is 13.5 Å². The summed E-state index contributed by atoms with van der Waals surface area (Å²) in [4.78, 5) is 0. The molecule has 0 saturated heterocycles. The van der Waals surface area contributed by atoms with E-state index in [1.807, 2.05) is 30.3 Å². The van der Waals surface area contributed by atoms with E-state index < -0.39 is 20.7 Å². The molecule has 112 valence electrons. The summed E-state index contributed by atoms with van der Waals surface area (Å²) in [6.07, 6.45) is 3.00. The van der Waals surface area contributed by atoms with E-state index in [4.69, 9.17) is 0 Å². The molecule has 1 fully saturated rings. The van der Waals surface area contributed by atoms with Crippen LogP contribution in [0.3, 0.4) is 0 Å². The summed E-state index contributed by atoms with van der Waals surface area (Å²) in [7, 11) is -3.34. The lowest BCUT2D eigenvalue weighted by Crippen LogP contribution is -2.41. The molecule has 0 amide bonds. The Morgan fingerprint density at radius 2 is 1.80 bits per heavy atom.